The van der Waals surface area contributed by atoms with Gasteiger partial charge < -0.3 is 14.8 Å². The number of aryl methyl sites for hydroxylation is 1. The second-order valence-corrected chi connectivity index (χ2v) is 6.00. The Morgan fingerprint density at radius 3 is 2.82 bits per heavy atom. The molecule has 1 aliphatic heterocycles. The van der Waals surface area contributed by atoms with E-state index in [4.69, 9.17) is 9.47 Å². The van der Waals surface area contributed by atoms with Crippen LogP contribution in [0, 0.1) is 0 Å². The Morgan fingerprint density at radius 2 is 1.86 bits per heavy atom. The summed E-state index contributed by atoms with van der Waals surface area (Å²) in [4.78, 5) is 0. The maximum atomic E-state index is 5.66. The third kappa shape index (κ3) is 2.69. The van der Waals surface area contributed by atoms with Gasteiger partial charge in [-0.3, -0.25) is 0 Å². The highest BCUT2D eigenvalue weighted by Gasteiger charge is 2.19. The predicted octanol–water partition coefficient (Wildman–Crippen LogP) is 3.63. The van der Waals surface area contributed by atoms with E-state index >= 15 is 0 Å². The van der Waals surface area contributed by atoms with Crippen molar-refractivity contribution in [3.05, 3.63) is 59.2 Å². The molecule has 4 rings (SSSR count). The summed E-state index contributed by atoms with van der Waals surface area (Å²) in [5, 5.41) is 3.70. The third-order valence-electron chi connectivity index (χ3n) is 4.53. The molecular weight excluding hydrogens is 274 g/mol. The average Bonchev–Trinajstić information content (AvgIpc) is 2.60. The second kappa shape index (κ2) is 6.01. The van der Waals surface area contributed by atoms with Gasteiger partial charge in [0.15, 0.2) is 11.5 Å². The van der Waals surface area contributed by atoms with Gasteiger partial charge in [0.1, 0.15) is 13.2 Å². The van der Waals surface area contributed by atoms with Crippen LogP contribution in [0.25, 0.3) is 0 Å². The number of benzene rings is 2. The molecule has 0 saturated carbocycles. The molecule has 2 aromatic carbocycles. The quantitative estimate of drug-likeness (QED) is 0.938. The van der Waals surface area contributed by atoms with E-state index in [0.29, 0.717) is 19.3 Å². The maximum absolute atomic E-state index is 5.66. The summed E-state index contributed by atoms with van der Waals surface area (Å²) >= 11 is 0. The fourth-order valence-corrected chi connectivity index (χ4v) is 3.40. The van der Waals surface area contributed by atoms with Gasteiger partial charge in [0.25, 0.3) is 0 Å². The molecule has 0 unspecified atom stereocenters. The second-order valence-electron chi connectivity index (χ2n) is 6.00. The minimum atomic E-state index is 0.457. The molecule has 0 amide bonds. The molecule has 1 N–H and O–H groups in total. The van der Waals surface area contributed by atoms with E-state index in [1.807, 2.05) is 6.07 Å². The summed E-state index contributed by atoms with van der Waals surface area (Å²) in [7, 11) is 0. The molecule has 0 bridgehead atoms. The third-order valence-corrected chi connectivity index (χ3v) is 4.53. The average molecular weight is 295 g/mol. The Hall–Kier alpha value is -2.00. The van der Waals surface area contributed by atoms with E-state index in [2.05, 4.69) is 41.7 Å². The van der Waals surface area contributed by atoms with Gasteiger partial charge in [-0.15, -0.1) is 0 Å². The molecule has 3 heteroatoms. The minimum Gasteiger partial charge on any atom is -0.486 e. The highest BCUT2D eigenvalue weighted by atomic mass is 16.6. The minimum absolute atomic E-state index is 0.457. The van der Waals surface area contributed by atoms with Crippen LogP contribution in [0.2, 0.25) is 0 Å². The SMILES string of the molecule is c1ccc2c(c1)CCC[C@H]2NCc1ccc2c(c1)OCCO2. The molecule has 114 valence electrons. The topological polar surface area (TPSA) is 30.5 Å². The van der Waals surface area contributed by atoms with E-state index in [1.165, 1.54) is 36.0 Å². The standard InChI is InChI=1S/C19H21NO2/c1-2-6-16-15(4-1)5-3-7-17(16)20-13-14-8-9-18-19(12-14)22-11-10-21-18/h1-2,4,6,8-9,12,17,20H,3,5,7,10-11,13H2/t17-/m1/s1. The molecule has 0 fully saturated rings. The normalized spacial score (nSPS) is 19.5. The van der Waals surface area contributed by atoms with Crippen molar-refractivity contribution in [2.24, 2.45) is 0 Å². The van der Waals surface area contributed by atoms with Crippen molar-refractivity contribution in [1.29, 1.82) is 0 Å². The highest BCUT2D eigenvalue weighted by Crippen LogP contribution is 2.32. The van der Waals surface area contributed by atoms with Gasteiger partial charge in [0, 0.05) is 12.6 Å². The number of hydrogen-bond acceptors (Lipinski definition) is 3. The van der Waals surface area contributed by atoms with Crippen LogP contribution in [-0.2, 0) is 13.0 Å². The van der Waals surface area contributed by atoms with Crippen LogP contribution in [0.1, 0.15) is 35.6 Å². The lowest BCUT2D eigenvalue weighted by molar-refractivity contribution is 0.171. The van der Waals surface area contributed by atoms with Crippen molar-refractivity contribution in [3.63, 3.8) is 0 Å². The fraction of sp³-hybridized carbons (Fsp3) is 0.368. The molecule has 3 nitrogen and oxygen atoms in total. The molecule has 1 aliphatic carbocycles. The summed E-state index contributed by atoms with van der Waals surface area (Å²) in [6.07, 6.45) is 3.68. The van der Waals surface area contributed by atoms with Crippen molar-refractivity contribution in [1.82, 2.24) is 5.32 Å². The first-order valence-electron chi connectivity index (χ1n) is 8.10. The first-order chi connectivity index (χ1) is 10.9. The summed E-state index contributed by atoms with van der Waals surface area (Å²) in [5.74, 6) is 1.73. The number of nitrogens with one attached hydrogen (secondary N) is 1. The van der Waals surface area contributed by atoms with Gasteiger partial charge in [0.05, 0.1) is 0 Å². The zero-order valence-corrected chi connectivity index (χ0v) is 12.7. The Labute approximate surface area is 131 Å². The molecule has 0 spiro atoms. The lowest BCUT2D eigenvalue weighted by Crippen LogP contribution is -2.25. The van der Waals surface area contributed by atoms with Crippen molar-refractivity contribution in [3.8, 4) is 11.5 Å². The molecule has 1 heterocycles. The molecule has 1 atom stereocenters. The van der Waals surface area contributed by atoms with Crippen molar-refractivity contribution >= 4 is 0 Å². The van der Waals surface area contributed by atoms with Gasteiger partial charge in [-0.25, -0.2) is 0 Å². The van der Waals surface area contributed by atoms with Crippen molar-refractivity contribution < 1.29 is 9.47 Å². The van der Waals surface area contributed by atoms with Gasteiger partial charge in [0.2, 0.25) is 0 Å². The fourth-order valence-electron chi connectivity index (χ4n) is 3.40. The Kier molecular flexibility index (Phi) is 3.73. The number of fused-ring (bicyclic) bond motifs is 2. The molecule has 0 radical (unpaired) electrons. The molecule has 22 heavy (non-hydrogen) atoms. The van der Waals surface area contributed by atoms with Crippen LogP contribution >= 0.6 is 0 Å². The van der Waals surface area contributed by atoms with Gasteiger partial charge in [-0.2, -0.15) is 0 Å². The molecular formula is C19H21NO2. The summed E-state index contributed by atoms with van der Waals surface area (Å²) in [5.41, 5.74) is 4.20. The number of hydrogen-bond donors (Lipinski definition) is 1. The van der Waals surface area contributed by atoms with E-state index in [9.17, 15) is 0 Å². The monoisotopic (exact) mass is 295 g/mol. The highest BCUT2D eigenvalue weighted by molar-refractivity contribution is 5.44. The van der Waals surface area contributed by atoms with E-state index in [1.54, 1.807) is 0 Å². The number of ether oxygens (including phenoxy) is 2. The molecule has 0 saturated heterocycles. The number of rotatable bonds is 3. The van der Waals surface area contributed by atoms with Crippen LogP contribution in [0.4, 0.5) is 0 Å². The lowest BCUT2D eigenvalue weighted by Gasteiger charge is -2.27. The van der Waals surface area contributed by atoms with E-state index < -0.39 is 0 Å². The van der Waals surface area contributed by atoms with Crippen LogP contribution in [0.5, 0.6) is 11.5 Å². The molecule has 0 aromatic heterocycles. The van der Waals surface area contributed by atoms with Crippen LogP contribution in [0.3, 0.4) is 0 Å². The van der Waals surface area contributed by atoms with Crippen LogP contribution in [-0.4, -0.2) is 13.2 Å². The van der Waals surface area contributed by atoms with Crippen LogP contribution in [0.15, 0.2) is 42.5 Å². The van der Waals surface area contributed by atoms with Gasteiger partial charge in [-0.1, -0.05) is 30.3 Å². The summed E-state index contributed by atoms with van der Waals surface area (Å²) in [6.45, 7) is 2.14. The zero-order valence-electron chi connectivity index (χ0n) is 12.7. The Morgan fingerprint density at radius 1 is 1.00 bits per heavy atom. The molecule has 2 aliphatic rings. The van der Waals surface area contributed by atoms with Crippen LogP contribution < -0.4 is 14.8 Å². The summed E-state index contributed by atoms with van der Waals surface area (Å²) in [6, 6.07) is 15.5. The molecule has 2 aromatic rings. The maximum Gasteiger partial charge on any atom is 0.161 e. The largest absolute Gasteiger partial charge is 0.486 e. The Balaban J connectivity index is 1.47. The predicted molar refractivity (Wildman–Crippen MR) is 86.4 cm³/mol. The lowest BCUT2D eigenvalue weighted by atomic mass is 9.87. The first kappa shape index (κ1) is 13.6. The smallest absolute Gasteiger partial charge is 0.161 e. The van der Waals surface area contributed by atoms with Crippen molar-refractivity contribution in [2.45, 2.75) is 31.8 Å². The zero-order chi connectivity index (χ0) is 14.8. The first-order valence-corrected chi connectivity index (χ1v) is 8.10. The van der Waals surface area contributed by atoms with Crippen molar-refractivity contribution in [2.75, 3.05) is 13.2 Å². The van der Waals surface area contributed by atoms with Gasteiger partial charge in [-0.05, 0) is 48.1 Å². The van der Waals surface area contributed by atoms with E-state index in [0.717, 1.165) is 18.0 Å². The Bertz CT molecular complexity index is 668. The summed E-state index contributed by atoms with van der Waals surface area (Å²) < 4.78 is 11.2. The van der Waals surface area contributed by atoms with E-state index in [-0.39, 0.29) is 0 Å². The van der Waals surface area contributed by atoms with Gasteiger partial charge >= 0.3 is 0 Å².